The molecule has 0 unspecified atom stereocenters. The molecule has 2 rings (SSSR count). The fourth-order valence-electron chi connectivity index (χ4n) is 2.30. The summed E-state index contributed by atoms with van der Waals surface area (Å²) in [5.41, 5.74) is 1.94. The molecule has 0 saturated heterocycles. The fourth-order valence-corrected chi connectivity index (χ4v) is 2.30. The van der Waals surface area contributed by atoms with E-state index in [1.165, 1.54) is 32.1 Å². The largest absolute Gasteiger partial charge is 0.342 e. The van der Waals surface area contributed by atoms with Gasteiger partial charge in [0.1, 0.15) is 5.82 Å². The quantitative estimate of drug-likeness (QED) is 0.688. The van der Waals surface area contributed by atoms with Crippen LogP contribution in [-0.4, -0.2) is 17.1 Å². The summed E-state index contributed by atoms with van der Waals surface area (Å²) in [5.74, 6) is 1.74. The predicted molar refractivity (Wildman–Crippen MR) is 94.3 cm³/mol. The van der Waals surface area contributed by atoms with E-state index < -0.39 is 0 Å². The number of nitrogens with zero attached hydrogens (tertiary/aromatic N) is 1. The van der Waals surface area contributed by atoms with Crippen molar-refractivity contribution in [2.45, 2.75) is 65.7 Å². The van der Waals surface area contributed by atoms with Gasteiger partial charge in [0, 0.05) is 5.92 Å². The van der Waals surface area contributed by atoms with Crippen molar-refractivity contribution < 1.29 is 4.39 Å². The number of hydrogen-bond donors (Lipinski definition) is 1. The Kier molecular flexibility index (Phi) is 15.7. The Hall–Kier alpha value is -1.38. The lowest BCUT2D eigenvalue weighted by Gasteiger charge is -2.19. The molecule has 0 radical (unpaired) electrons. The van der Waals surface area contributed by atoms with Gasteiger partial charge in [-0.2, -0.15) is 0 Å². The lowest BCUT2D eigenvalue weighted by Crippen LogP contribution is -2.06. The number of rotatable bonds is 3. The van der Waals surface area contributed by atoms with Crippen LogP contribution in [0.1, 0.15) is 82.9 Å². The Labute approximate surface area is 130 Å². The van der Waals surface area contributed by atoms with Crippen molar-refractivity contribution in [3.05, 3.63) is 30.4 Å². The van der Waals surface area contributed by atoms with E-state index in [0.717, 1.165) is 17.2 Å². The third-order valence-electron chi connectivity index (χ3n) is 3.17. The molecule has 1 saturated carbocycles. The maximum atomic E-state index is 9.50. The van der Waals surface area contributed by atoms with Crippen LogP contribution in [0.2, 0.25) is 0 Å². The van der Waals surface area contributed by atoms with Crippen molar-refractivity contribution in [2.24, 2.45) is 0 Å². The predicted octanol–water partition coefficient (Wildman–Crippen LogP) is 6.38. The van der Waals surface area contributed by atoms with Gasteiger partial charge in [0.2, 0.25) is 0 Å². The normalized spacial score (nSPS) is 13.4. The van der Waals surface area contributed by atoms with Crippen LogP contribution >= 0.6 is 0 Å². The Morgan fingerprint density at radius 2 is 1.52 bits per heavy atom. The molecule has 1 aromatic rings. The van der Waals surface area contributed by atoms with Gasteiger partial charge in [-0.3, -0.25) is 4.39 Å². The summed E-state index contributed by atoms with van der Waals surface area (Å²) in [6, 6.07) is 0. The zero-order chi connectivity index (χ0) is 16.7. The van der Waals surface area contributed by atoms with Gasteiger partial charge in [-0.05, 0) is 25.0 Å². The molecule has 1 heterocycles. The summed E-state index contributed by atoms with van der Waals surface area (Å²) in [5, 5.41) is 0. The highest BCUT2D eigenvalue weighted by Crippen LogP contribution is 2.31. The summed E-state index contributed by atoms with van der Waals surface area (Å²) in [6.07, 6.45) is 10.2. The maximum Gasteiger partial charge on any atom is 0.110 e. The van der Waals surface area contributed by atoms with Crippen molar-refractivity contribution in [1.29, 1.82) is 0 Å². The Morgan fingerprint density at radius 3 is 1.90 bits per heavy atom. The van der Waals surface area contributed by atoms with Crippen LogP contribution in [0.5, 0.6) is 0 Å². The standard InChI is InChI=1S/C13H18N2.2C2H6.CH3F/c1-3-11-12(4-2)15-13(14-11)10-8-6-5-7-9-10;3*1-2/h3-4,10H,1-2,5-9H2,(H,14,15);2*1-2H3;1H3. The highest BCUT2D eigenvalue weighted by Gasteiger charge is 2.19. The molecule has 1 N–H and O–H groups in total. The molecule has 21 heavy (non-hydrogen) atoms. The van der Waals surface area contributed by atoms with Gasteiger partial charge in [0.05, 0.1) is 18.6 Å². The van der Waals surface area contributed by atoms with Gasteiger partial charge in [0.25, 0.3) is 0 Å². The fraction of sp³-hybridized carbons (Fsp3) is 0.611. The van der Waals surface area contributed by atoms with Gasteiger partial charge >= 0.3 is 0 Å². The highest BCUT2D eigenvalue weighted by atomic mass is 19.1. The first-order valence-corrected chi connectivity index (χ1v) is 8.07. The summed E-state index contributed by atoms with van der Waals surface area (Å²) in [4.78, 5) is 7.93. The average molecular weight is 296 g/mol. The number of aromatic amines is 1. The lowest BCUT2D eigenvalue weighted by atomic mass is 9.89. The Bertz CT molecular complexity index is 338. The first kappa shape index (κ1) is 21.9. The molecule has 3 heteroatoms. The van der Waals surface area contributed by atoms with Crippen molar-refractivity contribution >= 4 is 12.2 Å². The molecule has 0 bridgehead atoms. The minimum atomic E-state index is 0.500. The van der Waals surface area contributed by atoms with Gasteiger partial charge < -0.3 is 4.98 Å². The smallest absolute Gasteiger partial charge is 0.110 e. The Morgan fingerprint density at radius 1 is 1.00 bits per heavy atom. The van der Waals surface area contributed by atoms with Crippen molar-refractivity contribution in [3.8, 4) is 0 Å². The van der Waals surface area contributed by atoms with Gasteiger partial charge in [-0.1, -0.05) is 60.1 Å². The van der Waals surface area contributed by atoms with Crippen LogP contribution in [0.15, 0.2) is 13.2 Å². The third kappa shape index (κ3) is 7.26. The summed E-state index contributed by atoms with van der Waals surface area (Å²) in [7, 11) is 0.500. The van der Waals surface area contributed by atoms with E-state index in [-0.39, 0.29) is 0 Å². The molecule has 1 aliphatic rings. The van der Waals surface area contributed by atoms with E-state index >= 15 is 0 Å². The number of alkyl halides is 1. The van der Waals surface area contributed by atoms with E-state index in [1.54, 1.807) is 6.08 Å². The highest BCUT2D eigenvalue weighted by molar-refractivity contribution is 5.57. The van der Waals surface area contributed by atoms with Crippen molar-refractivity contribution in [1.82, 2.24) is 9.97 Å². The second kappa shape index (κ2) is 15.0. The molecule has 1 aliphatic carbocycles. The molecule has 2 nitrogen and oxygen atoms in total. The number of aromatic nitrogens is 2. The van der Waals surface area contributed by atoms with Gasteiger partial charge in [0.15, 0.2) is 0 Å². The molecule has 1 fully saturated rings. The third-order valence-corrected chi connectivity index (χ3v) is 3.17. The van der Waals surface area contributed by atoms with Crippen molar-refractivity contribution in [3.63, 3.8) is 0 Å². The van der Waals surface area contributed by atoms with Crippen LogP contribution in [-0.2, 0) is 0 Å². The molecule has 0 spiro atoms. The van der Waals surface area contributed by atoms with Gasteiger partial charge in [-0.15, -0.1) is 0 Å². The minimum absolute atomic E-state index is 0.500. The second-order valence-electron chi connectivity index (χ2n) is 4.16. The monoisotopic (exact) mass is 296 g/mol. The van der Waals surface area contributed by atoms with E-state index in [4.69, 9.17) is 0 Å². The Balaban J connectivity index is 0. The lowest BCUT2D eigenvalue weighted by molar-refractivity contribution is 0.430. The minimum Gasteiger partial charge on any atom is -0.342 e. The zero-order valence-electron chi connectivity index (χ0n) is 14.5. The summed E-state index contributed by atoms with van der Waals surface area (Å²) < 4.78 is 9.50. The maximum absolute atomic E-state index is 9.50. The van der Waals surface area contributed by atoms with Crippen molar-refractivity contribution in [2.75, 3.05) is 7.18 Å². The van der Waals surface area contributed by atoms with Crippen LogP contribution in [0.4, 0.5) is 4.39 Å². The van der Waals surface area contributed by atoms with Crippen LogP contribution in [0.3, 0.4) is 0 Å². The molecular formula is C18H33FN2. The summed E-state index contributed by atoms with van der Waals surface area (Å²) >= 11 is 0. The topological polar surface area (TPSA) is 28.7 Å². The van der Waals surface area contributed by atoms with E-state index in [0.29, 0.717) is 13.1 Å². The van der Waals surface area contributed by atoms with E-state index in [9.17, 15) is 4.39 Å². The molecule has 1 aromatic heterocycles. The summed E-state index contributed by atoms with van der Waals surface area (Å²) in [6.45, 7) is 15.5. The second-order valence-corrected chi connectivity index (χ2v) is 4.16. The van der Waals surface area contributed by atoms with Crippen LogP contribution < -0.4 is 0 Å². The number of hydrogen-bond acceptors (Lipinski definition) is 1. The van der Waals surface area contributed by atoms with Crippen LogP contribution in [0.25, 0.3) is 12.2 Å². The average Bonchev–Trinajstić information content (AvgIpc) is 3.04. The van der Waals surface area contributed by atoms with Gasteiger partial charge in [-0.25, -0.2) is 4.98 Å². The van der Waals surface area contributed by atoms with Crippen LogP contribution in [0, 0.1) is 0 Å². The SMILES string of the molecule is C=Cc1nc(C2CCCCC2)[nH]c1C=C.CC.CC.CF. The first-order chi connectivity index (χ1) is 10.3. The molecular weight excluding hydrogens is 263 g/mol. The number of H-pyrrole nitrogens is 1. The number of imidazole rings is 1. The number of halogens is 1. The molecule has 0 aromatic carbocycles. The molecule has 0 aliphatic heterocycles. The molecule has 122 valence electrons. The van der Waals surface area contributed by atoms with E-state index in [2.05, 4.69) is 23.1 Å². The molecule has 0 amide bonds. The van der Waals surface area contributed by atoms with E-state index in [1.807, 2.05) is 33.8 Å². The molecule has 0 atom stereocenters. The zero-order valence-corrected chi connectivity index (χ0v) is 14.5. The first-order valence-electron chi connectivity index (χ1n) is 8.07. The number of nitrogens with one attached hydrogen (secondary N) is 1.